The molecular weight excluding hydrogens is 362 g/mol. The lowest BCUT2D eigenvalue weighted by atomic mass is 9.94. The lowest BCUT2D eigenvalue weighted by molar-refractivity contribution is -0.140. The van der Waals surface area contributed by atoms with Gasteiger partial charge in [0.25, 0.3) is 5.56 Å². The third-order valence-electron chi connectivity index (χ3n) is 4.22. The Kier molecular flexibility index (Phi) is 5.33. The Balaban J connectivity index is 1.94. The second-order valence-electron chi connectivity index (χ2n) is 7.57. The van der Waals surface area contributed by atoms with Crippen molar-refractivity contribution >= 4 is 28.4 Å². The van der Waals surface area contributed by atoms with Gasteiger partial charge in [-0.2, -0.15) is 0 Å². The van der Waals surface area contributed by atoms with Crippen LogP contribution < -0.4 is 5.56 Å². The standard InChI is InChI=1S/C21H22ClN3O2/c1-21(2,3)20(27)25(12-14-8-10-15(22)11-9-14)13-18-23-17-7-5-4-6-16(17)19(26)24-18/h4-11H,12-13H2,1-3H3,(H,23,24,26). The molecule has 1 N–H and O–H groups in total. The van der Waals surface area contributed by atoms with Crippen molar-refractivity contribution in [3.63, 3.8) is 0 Å². The van der Waals surface area contributed by atoms with E-state index in [1.807, 2.05) is 39.0 Å². The number of nitrogens with one attached hydrogen (secondary N) is 1. The van der Waals surface area contributed by atoms with E-state index in [2.05, 4.69) is 9.97 Å². The molecule has 0 aliphatic rings. The number of para-hydroxylation sites is 1. The second-order valence-corrected chi connectivity index (χ2v) is 8.00. The zero-order valence-corrected chi connectivity index (χ0v) is 16.4. The van der Waals surface area contributed by atoms with E-state index >= 15 is 0 Å². The number of amides is 1. The number of benzene rings is 2. The Morgan fingerprint density at radius 1 is 1.07 bits per heavy atom. The highest BCUT2D eigenvalue weighted by molar-refractivity contribution is 6.30. The Hall–Kier alpha value is -2.66. The maximum absolute atomic E-state index is 13.0. The number of nitrogens with zero attached hydrogens (tertiary/aromatic N) is 2. The van der Waals surface area contributed by atoms with Gasteiger partial charge in [-0.3, -0.25) is 9.59 Å². The van der Waals surface area contributed by atoms with Crippen LogP contribution in [0.1, 0.15) is 32.2 Å². The van der Waals surface area contributed by atoms with Crippen molar-refractivity contribution in [3.8, 4) is 0 Å². The lowest BCUT2D eigenvalue weighted by Gasteiger charge is -2.29. The molecule has 27 heavy (non-hydrogen) atoms. The van der Waals surface area contributed by atoms with Gasteiger partial charge in [0, 0.05) is 17.0 Å². The molecule has 0 atom stereocenters. The van der Waals surface area contributed by atoms with Gasteiger partial charge in [0.05, 0.1) is 17.4 Å². The molecule has 0 bridgehead atoms. The van der Waals surface area contributed by atoms with Crippen molar-refractivity contribution in [1.82, 2.24) is 14.9 Å². The first kappa shape index (κ1) is 19.1. The van der Waals surface area contributed by atoms with Crippen molar-refractivity contribution in [3.05, 3.63) is 75.3 Å². The number of aromatic amines is 1. The SMILES string of the molecule is CC(C)(C)C(=O)N(Cc1ccc(Cl)cc1)Cc1nc2ccccc2c(=O)[nH]1. The third-order valence-corrected chi connectivity index (χ3v) is 4.47. The molecule has 0 aliphatic carbocycles. The van der Waals surface area contributed by atoms with Crippen LogP contribution in [-0.4, -0.2) is 20.8 Å². The molecule has 1 aromatic heterocycles. The minimum atomic E-state index is -0.552. The summed E-state index contributed by atoms with van der Waals surface area (Å²) in [5, 5.41) is 1.18. The topological polar surface area (TPSA) is 66.1 Å². The van der Waals surface area contributed by atoms with Gasteiger partial charge >= 0.3 is 0 Å². The van der Waals surface area contributed by atoms with Crippen molar-refractivity contribution in [2.24, 2.45) is 5.41 Å². The van der Waals surface area contributed by atoms with Crippen molar-refractivity contribution < 1.29 is 4.79 Å². The molecule has 5 nitrogen and oxygen atoms in total. The van der Waals surface area contributed by atoms with Gasteiger partial charge in [-0.15, -0.1) is 0 Å². The fourth-order valence-electron chi connectivity index (χ4n) is 2.87. The summed E-state index contributed by atoms with van der Waals surface area (Å²) in [6.45, 7) is 6.25. The first-order valence-electron chi connectivity index (χ1n) is 8.76. The Bertz CT molecular complexity index is 1020. The highest BCUT2D eigenvalue weighted by Gasteiger charge is 2.28. The number of aromatic nitrogens is 2. The number of fused-ring (bicyclic) bond motifs is 1. The van der Waals surface area contributed by atoms with Gasteiger partial charge in [-0.25, -0.2) is 4.98 Å². The van der Waals surface area contributed by atoms with Crippen LogP contribution in [0.4, 0.5) is 0 Å². The predicted molar refractivity (Wildman–Crippen MR) is 108 cm³/mol. The second kappa shape index (κ2) is 7.53. The molecule has 1 heterocycles. The van der Waals surface area contributed by atoms with E-state index < -0.39 is 5.41 Å². The minimum absolute atomic E-state index is 0.0201. The number of rotatable bonds is 4. The molecule has 0 fully saturated rings. The Morgan fingerprint density at radius 2 is 1.74 bits per heavy atom. The number of hydrogen-bond donors (Lipinski definition) is 1. The number of halogens is 1. The normalized spacial score (nSPS) is 11.6. The number of hydrogen-bond acceptors (Lipinski definition) is 3. The maximum atomic E-state index is 13.0. The average Bonchev–Trinajstić information content (AvgIpc) is 2.61. The minimum Gasteiger partial charge on any atom is -0.330 e. The highest BCUT2D eigenvalue weighted by atomic mass is 35.5. The largest absolute Gasteiger partial charge is 0.330 e. The van der Waals surface area contributed by atoms with Crippen LogP contribution in [0.25, 0.3) is 10.9 Å². The van der Waals surface area contributed by atoms with Gasteiger partial charge in [0.15, 0.2) is 0 Å². The van der Waals surface area contributed by atoms with Crippen LogP contribution in [0.5, 0.6) is 0 Å². The molecule has 3 rings (SSSR count). The van der Waals surface area contributed by atoms with Crippen LogP contribution in [0, 0.1) is 5.41 Å². The van der Waals surface area contributed by atoms with Gasteiger partial charge in [-0.1, -0.05) is 56.6 Å². The van der Waals surface area contributed by atoms with E-state index in [1.165, 1.54) is 0 Å². The summed E-state index contributed by atoms with van der Waals surface area (Å²) in [7, 11) is 0. The number of carbonyl (C=O) groups is 1. The molecule has 0 saturated carbocycles. The van der Waals surface area contributed by atoms with Gasteiger partial charge in [0.2, 0.25) is 5.91 Å². The zero-order valence-electron chi connectivity index (χ0n) is 15.6. The van der Waals surface area contributed by atoms with Crippen molar-refractivity contribution in [2.75, 3.05) is 0 Å². The molecule has 0 aliphatic heterocycles. The van der Waals surface area contributed by atoms with Crippen LogP contribution in [0.2, 0.25) is 5.02 Å². The Morgan fingerprint density at radius 3 is 2.41 bits per heavy atom. The van der Waals surface area contributed by atoms with Gasteiger partial charge in [-0.05, 0) is 29.8 Å². The van der Waals surface area contributed by atoms with Crippen molar-refractivity contribution in [2.45, 2.75) is 33.9 Å². The molecule has 2 aromatic carbocycles. The summed E-state index contributed by atoms with van der Waals surface area (Å²) in [6.07, 6.45) is 0. The fourth-order valence-corrected chi connectivity index (χ4v) is 3.00. The molecule has 140 valence electrons. The summed E-state index contributed by atoms with van der Waals surface area (Å²) in [5.74, 6) is 0.443. The van der Waals surface area contributed by atoms with E-state index in [0.717, 1.165) is 5.56 Å². The molecule has 0 saturated heterocycles. The van der Waals surface area contributed by atoms with E-state index in [4.69, 9.17) is 11.6 Å². The molecule has 1 amide bonds. The predicted octanol–water partition coefficient (Wildman–Crippen LogP) is 4.15. The van der Waals surface area contributed by atoms with Gasteiger partial charge < -0.3 is 9.88 Å². The maximum Gasteiger partial charge on any atom is 0.258 e. The zero-order chi connectivity index (χ0) is 19.6. The van der Waals surface area contributed by atoms with Crippen LogP contribution >= 0.6 is 11.6 Å². The molecule has 6 heteroatoms. The number of carbonyl (C=O) groups excluding carboxylic acids is 1. The quantitative estimate of drug-likeness (QED) is 0.735. The average molecular weight is 384 g/mol. The molecule has 3 aromatic rings. The number of H-pyrrole nitrogens is 1. The van der Waals surface area contributed by atoms with Crippen LogP contribution in [-0.2, 0) is 17.9 Å². The van der Waals surface area contributed by atoms with Gasteiger partial charge in [0.1, 0.15) is 5.82 Å². The van der Waals surface area contributed by atoms with E-state index in [1.54, 1.807) is 35.2 Å². The first-order valence-corrected chi connectivity index (χ1v) is 9.13. The Labute approximate surface area is 163 Å². The molecule has 0 spiro atoms. The van der Waals surface area contributed by atoms with Crippen LogP contribution in [0.15, 0.2) is 53.3 Å². The smallest absolute Gasteiger partial charge is 0.258 e. The first-order chi connectivity index (χ1) is 12.7. The summed E-state index contributed by atoms with van der Waals surface area (Å²) in [4.78, 5) is 34.3. The van der Waals surface area contributed by atoms with E-state index in [0.29, 0.717) is 28.3 Å². The van der Waals surface area contributed by atoms with E-state index in [9.17, 15) is 9.59 Å². The molecular formula is C21H22ClN3O2. The summed E-state index contributed by atoms with van der Waals surface area (Å²) >= 11 is 5.96. The summed E-state index contributed by atoms with van der Waals surface area (Å²) in [6, 6.07) is 14.5. The molecule has 0 radical (unpaired) electrons. The monoisotopic (exact) mass is 383 g/mol. The fraction of sp³-hybridized carbons (Fsp3) is 0.286. The lowest BCUT2D eigenvalue weighted by Crippen LogP contribution is -2.39. The van der Waals surface area contributed by atoms with Crippen molar-refractivity contribution in [1.29, 1.82) is 0 Å². The highest BCUT2D eigenvalue weighted by Crippen LogP contribution is 2.21. The molecule has 0 unspecified atom stereocenters. The van der Waals surface area contributed by atoms with Crippen LogP contribution in [0.3, 0.4) is 0 Å². The third kappa shape index (κ3) is 4.55. The van der Waals surface area contributed by atoms with E-state index in [-0.39, 0.29) is 18.0 Å². The summed E-state index contributed by atoms with van der Waals surface area (Å²) in [5.41, 5.74) is 0.820. The summed E-state index contributed by atoms with van der Waals surface area (Å²) < 4.78 is 0.